The molecule has 0 radical (unpaired) electrons. The molecular weight excluding hydrogens is 343 g/mol. The van der Waals surface area contributed by atoms with Crippen molar-refractivity contribution in [2.24, 2.45) is 0 Å². The van der Waals surface area contributed by atoms with Crippen molar-refractivity contribution >= 4 is 34.8 Å². The Bertz CT molecular complexity index is 720. The molecule has 6 nitrogen and oxygen atoms in total. The number of halogens is 2. The number of nitro benzene ring substituents is 1. The highest BCUT2D eigenvalue weighted by Crippen LogP contribution is 2.20. The van der Waals surface area contributed by atoms with Gasteiger partial charge >= 0.3 is 0 Å². The molecule has 0 saturated heterocycles. The lowest BCUT2D eigenvalue weighted by Crippen LogP contribution is -2.28. The molecule has 0 saturated carbocycles. The first-order chi connectivity index (χ1) is 11.0. The zero-order chi connectivity index (χ0) is 16.8. The van der Waals surface area contributed by atoms with Crippen molar-refractivity contribution in [2.45, 2.75) is 6.54 Å². The number of hydrogen-bond acceptors (Lipinski definition) is 4. The van der Waals surface area contributed by atoms with Gasteiger partial charge in [-0.05, 0) is 29.8 Å². The van der Waals surface area contributed by atoms with Gasteiger partial charge in [0.2, 0.25) is 0 Å². The van der Waals surface area contributed by atoms with Gasteiger partial charge in [0.15, 0.2) is 6.61 Å². The number of ether oxygens (including phenoxy) is 1. The summed E-state index contributed by atoms with van der Waals surface area (Å²) >= 11 is 11.8. The molecule has 0 aliphatic rings. The van der Waals surface area contributed by atoms with Crippen LogP contribution in [-0.4, -0.2) is 17.4 Å². The highest BCUT2D eigenvalue weighted by atomic mass is 35.5. The molecule has 0 aliphatic carbocycles. The lowest BCUT2D eigenvalue weighted by atomic mass is 10.2. The normalized spacial score (nSPS) is 10.2. The van der Waals surface area contributed by atoms with Gasteiger partial charge in [0.05, 0.1) is 4.92 Å². The first-order valence-electron chi connectivity index (χ1n) is 6.53. The second-order valence-corrected chi connectivity index (χ2v) is 5.40. The van der Waals surface area contributed by atoms with Crippen LogP contribution >= 0.6 is 23.2 Å². The minimum Gasteiger partial charge on any atom is -0.484 e. The summed E-state index contributed by atoms with van der Waals surface area (Å²) in [6.45, 7) is 0.0431. The lowest BCUT2D eigenvalue weighted by Gasteiger charge is -2.08. The van der Waals surface area contributed by atoms with Gasteiger partial charge in [-0.3, -0.25) is 14.9 Å². The average Bonchev–Trinajstić information content (AvgIpc) is 2.52. The largest absolute Gasteiger partial charge is 0.484 e. The van der Waals surface area contributed by atoms with Gasteiger partial charge < -0.3 is 10.1 Å². The van der Waals surface area contributed by atoms with E-state index in [9.17, 15) is 14.9 Å². The lowest BCUT2D eigenvalue weighted by molar-refractivity contribution is -0.384. The number of non-ortho nitro benzene ring substituents is 1. The molecule has 2 aromatic carbocycles. The fourth-order valence-electron chi connectivity index (χ4n) is 1.72. The number of benzene rings is 2. The zero-order valence-corrected chi connectivity index (χ0v) is 13.3. The molecule has 8 heteroatoms. The number of nitrogens with zero attached hydrogens (tertiary/aromatic N) is 1. The van der Waals surface area contributed by atoms with Crippen molar-refractivity contribution in [1.82, 2.24) is 5.32 Å². The molecule has 2 aromatic rings. The van der Waals surface area contributed by atoms with Gasteiger partial charge in [-0.1, -0.05) is 29.3 Å². The summed E-state index contributed by atoms with van der Waals surface area (Å²) < 4.78 is 5.25. The monoisotopic (exact) mass is 354 g/mol. The Morgan fingerprint density at radius 2 is 1.87 bits per heavy atom. The first kappa shape index (κ1) is 17.1. The molecule has 0 unspecified atom stereocenters. The Morgan fingerprint density at radius 1 is 1.17 bits per heavy atom. The first-order valence-corrected chi connectivity index (χ1v) is 7.29. The smallest absolute Gasteiger partial charge is 0.269 e. The van der Waals surface area contributed by atoms with Crippen LogP contribution in [0, 0.1) is 10.1 Å². The number of nitrogens with one attached hydrogen (secondary N) is 1. The number of hydrogen-bond donors (Lipinski definition) is 1. The third-order valence-electron chi connectivity index (χ3n) is 2.91. The number of amides is 1. The van der Waals surface area contributed by atoms with E-state index >= 15 is 0 Å². The summed E-state index contributed by atoms with van der Waals surface area (Å²) in [5.74, 6) is 0.0321. The molecule has 0 atom stereocenters. The quantitative estimate of drug-likeness (QED) is 0.634. The van der Waals surface area contributed by atoms with Gasteiger partial charge in [0.1, 0.15) is 5.75 Å². The van der Waals surface area contributed by atoms with Crippen LogP contribution in [0.4, 0.5) is 5.69 Å². The van der Waals surface area contributed by atoms with Crippen molar-refractivity contribution in [2.75, 3.05) is 6.61 Å². The Hall–Kier alpha value is -2.31. The summed E-state index contributed by atoms with van der Waals surface area (Å²) in [7, 11) is 0. The van der Waals surface area contributed by atoms with Gasteiger partial charge in [-0.15, -0.1) is 0 Å². The van der Waals surface area contributed by atoms with E-state index in [0.717, 1.165) is 5.56 Å². The molecule has 0 aromatic heterocycles. The van der Waals surface area contributed by atoms with Crippen LogP contribution in [0.25, 0.3) is 0 Å². The van der Waals surface area contributed by atoms with Crippen LogP contribution in [0.1, 0.15) is 5.56 Å². The molecule has 0 heterocycles. The van der Waals surface area contributed by atoms with Crippen LogP contribution in [0.15, 0.2) is 42.5 Å². The Labute approximate surface area is 142 Å². The van der Waals surface area contributed by atoms with Crippen LogP contribution in [-0.2, 0) is 11.3 Å². The molecule has 0 spiro atoms. The van der Waals surface area contributed by atoms with E-state index in [2.05, 4.69) is 5.32 Å². The van der Waals surface area contributed by atoms with Crippen LogP contribution < -0.4 is 10.1 Å². The molecule has 0 fully saturated rings. The SMILES string of the molecule is O=C(COc1ccc([N+](=O)[O-])cc1)NCc1ccc(Cl)cc1Cl. The predicted octanol–water partition coefficient (Wildman–Crippen LogP) is 3.60. The van der Waals surface area contributed by atoms with Crippen LogP contribution in [0.2, 0.25) is 10.0 Å². The zero-order valence-electron chi connectivity index (χ0n) is 11.8. The molecule has 120 valence electrons. The van der Waals surface area contributed by atoms with E-state index in [1.54, 1.807) is 18.2 Å². The number of carbonyl (C=O) groups excluding carboxylic acids is 1. The van der Waals surface area contributed by atoms with Crippen LogP contribution in [0.3, 0.4) is 0 Å². The van der Waals surface area contributed by atoms with Crippen molar-refractivity contribution in [3.05, 3.63) is 68.2 Å². The second kappa shape index (κ2) is 7.80. The Kier molecular flexibility index (Phi) is 5.78. The Morgan fingerprint density at radius 3 is 2.48 bits per heavy atom. The van der Waals surface area contributed by atoms with Crippen molar-refractivity contribution < 1.29 is 14.5 Å². The predicted molar refractivity (Wildman–Crippen MR) is 86.9 cm³/mol. The number of carbonyl (C=O) groups is 1. The van der Waals surface area contributed by atoms with Gasteiger partial charge in [-0.2, -0.15) is 0 Å². The molecule has 0 aliphatic heterocycles. The standard InChI is InChI=1S/C15H12Cl2N2O4/c16-11-2-1-10(14(17)7-11)8-18-15(20)9-23-13-5-3-12(4-6-13)19(21)22/h1-7H,8-9H2,(H,18,20). The maximum Gasteiger partial charge on any atom is 0.269 e. The van der Waals surface area contributed by atoms with Gasteiger partial charge in [-0.25, -0.2) is 0 Å². The Balaban J connectivity index is 1.82. The third kappa shape index (κ3) is 5.12. The molecule has 2 rings (SSSR count). The van der Waals surface area contributed by atoms with Gasteiger partial charge in [0.25, 0.3) is 11.6 Å². The highest BCUT2D eigenvalue weighted by Gasteiger charge is 2.07. The summed E-state index contributed by atoms with van der Waals surface area (Å²) in [6.07, 6.45) is 0. The van der Waals surface area contributed by atoms with E-state index in [-0.39, 0.29) is 24.7 Å². The van der Waals surface area contributed by atoms with E-state index in [1.807, 2.05) is 0 Å². The van der Waals surface area contributed by atoms with Gasteiger partial charge in [0, 0.05) is 28.7 Å². The minimum atomic E-state index is -0.508. The van der Waals surface area contributed by atoms with Crippen molar-refractivity contribution in [1.29, 1.82) is 0 Å². The van der Waals surface area contributed by atoms with Crippen molar-refractivity contribution in [3.8, 4) is 5.75 Å². The summed E-state index contributed by atoms with van der Waals surface area (Å²) in [6, 6.07) is 10.5. The fourth-order valence-corrected chi connectivity index (χ4v) is 2.20. The van der Waals surface area contributed by atoms with E-state index in [4.69, 9.17) is 27.9 Å². The van der Waals surface area contributed by atoms with Crippen molar-refractivity contribution in [3.63, 3.8) is 0 Å². The van der Waals surface area contributed by atoms with E-state index in [1.165, 1.54) is 24.3 Å². The number of rotatable bonds is 6. The average molecular weight is 355 g/mol. The topological polar surface area (TPSA) is 81.5 Å². The molecule has 23 heavy (non-hydrogen) atoms. The second-order valence-electron chi connectivity index (χ2n) is 4.55. The molecule has 1 amide bonds. The molecule has 1 N–H and O–H groups in total. The molecular formula is C15H12Cl2N2O4. The fraction of sp³-hybridized carbons (Fsp3) is 0.133. The summed E-state index contributed by atoms with van der Waals surface area (Å²) in [5, 5.41) is 14.2. The van der Waals surface area contributed by atoms with E-state index in [0.29, 0.717) is 15.8 Å². The van der Waals surface area contributed by atoms with Crippen LogP contribution in [0.5, 0.6) is 5.75 Å². The maximum absolute atomic E-state index is 11.7. The highest BCUT2D eigenvalue weighted by molar-refractivity contribution is 6.35. The summed E-state index contributed by atoms with van der Waals surface area (Å²) in [4.78, 5) is 21.8. The maximum atomic E-state index is 11.7. The third-order valence-corrected chi connectivity index (χ3v) is 3.50. The molecule has 0 bridgehead atoms. The summed E-state index contributed by atoms with van der Waals surface area (Å²) in [5.41, 5.74) is 0.693. The number of nitro groups is 1. The minimum absolute atomic E-state index is 0.0424. The van der Waals surface area contributed by atoms with E-state index < -0.39 is 4.92 Å².